The molecule has 1 fully saturated rings. The molecule has 1 aliphatic carbocycles. The molecule has 4 rings (SSSR count). The number of hydrogen-bond acceptors (Lipinski definition) is 6. The summed E-state index contributed by atoms with van der Waals surface area (Å²) >= 11 is 6.00. The van der Waals surface area contributed by atoms with Gasteiger partial charge in [-0.3, -0.25) is 4.79 Å². The number of carboxylic acid groups (broad SMARTS) is 1. The maximum atomic E-state index is 13.8. The summed E-state index contributed by atoms with van der Waals surface area (Å²) in [5, 5.41) is 14.5. The second kappa shape index (κ2) is 13.1. The number of carboxylic acids is 1. The van der Waals surface area contributed by atoms with E-state index in [1.165, 1.54) is 0 Å². The van der Waals surface area contributed by atoms with Gasteiger partial charge in [-0.1, -0.05) is 23.7 Å². The summed E-state index contributed by atoms with van der Waals surface area (Å²) in [5.74, 6) is -3.76. The Bertz CT molecular complexity index is 1360. The number of fused-ring (bicyclic) bond motifs is 1. The highest BCUT2D eigenvalue weighted by molar-refractivity contribution is 6.30. The van der Waals surface area contributed by atoms with Crippen molar-refractivity contribution in [3.05, 3.63) is 58.6 Å². The van der Waals surface area contributed by atoms with Crippen LogP contribution in [0.15, 0.2) is 36.4 Å². The van der Waals surface area contributed by atoms with E-state index >= 15 is 0 Å². The molecule has 0 spiro atoms. The molecule has 3 aromatic rings. The van der Waals surface area contributed by atoms with E-state index < -0.39 is 23.8 Å². The van der Waals surface area contributed by atoms with Crippen LogP contribution in [0.3, 0.4) is 0 Å². The third-order valence-electron chi connectivity index (χ3n) is 6.17. The van der Waals surface area contributed by atoms with Crippen LogP contribution in [0, 0.1) is 17.6 Å². The molecule has 0 bridgehead atoms. The SMILES string of the molecule is CN(C)c1nc(NC2CCC(C(=O)NCc3cccc(Cl)c3)CC2)nc2cc(F)c(F)cc12.O=C(O)C(F)(F)F. The number of aromatic nitrogens is 2. The normalized spacial score (nSPS) is 17.0. The van der Waals surface area contributed by atoms with E-state index in [2.05, 4.69) is 20.6 Å². The molecular weight excluding hydrogens is 561 g/mol. The predicted octanol–water partition coefficient (Wildman–Crippen LogP) is 5.55. The standard InChI is InChI=1S/C24H26ClF2N5O.C2HF3O2/c1-32(2)22-18-11-19(26)20(27)12-21(18)30-24(31-22)29-17-8-6-15(7-9-17)23(33)28-13-14-4-3-5-16(25)10-14;3-2(4,5)1(6)7/h3-5,10-12,15,17H,6-9,13H2,1-2H3,(H,28,33)(H,29,30,31);(H,6,7). The number of halogens is 6. The second-order valence-electron chi connectivity index (χ2n) is 9.39. The summed E-state index contributed by atoms with van der Waals surface area (Å²) in [6, 6.07) is 9.74. The molecule has 8 nitrogen and oxygen atoms in total. The maximum Gasteiger partial charge on any atom is 0.490 e. The van der Waals surface area contributed by atoms with Gasteiger partial charge in [0.2, 0.25) is 11.9 Å². The van der Waals surface area contributed by atoms with Crippen molar-refractivity contribution >= 4 is 46.1 Å². The molecule has 1 saturated carbocycles. The molecule has 0 radical (unpaired) electrons. The number of aliphatic carboxylic acids is 1. The molecule has 0 unspecified atom stereocenters. The Morgan fingerprint density at radius 1 is 1.05 bits per heavy atom. The lowest BCUT2D eigenvalue weighted by molar-refractivity contribution is -0.192. The first-order valence-electron chi connectivity index (χ1n) is 12.2. The molecule has 0 saturated heterocycles. The first-order chi connectivity index (χ1) is 18.7. The van der Waals surface area contributed by atoms with Gasteiger partial charge >= 0.3 is 12.1 Å². The van der Waals surface area contributed by atoms with Crippen molar-refractivity contribution in [3.63, 3.8) is 0 Å². The van der Waals surface area contributed by atoms with Crippen molar-refractivity contribution in [3.8, 4) is 0 Å². The zero-order chi connectivity index (χ0) is 29.6. The van der Waals surface area contributed by atoms with E-state index in [4.69, 9.17) is 21.5 Å². The third kappa shape index (κ3) is 8.38. The van der Waals surface area contributed by atoms with Gasteiger partial charge in [-0.05, 0) is 49.4 Å². The first-order valence-corrected chi connectivity index (χ1v) is 12.5. The largest absolute Gasteiger partial charge is 0.490 e. The first kappa shape index (κ1) is 30.8. The van der Waals surface area contributed by atoms with Crippen LogP contribution in [0.25, 0.3) is 10.9 Å². The van der Waals surface area contributed by atoms with Crippen molar-refractivity contribution in [2.45, 2.75) is 44.4 Å². The van der Waals surface area contributed by atoms with Gasteiger partial charge in [0.25, 0.3) is 0 Å². The molecule has 0 aliphatic heterocycles. The van der Waals surface area contributed by atoms with Crippen molar-refractivity contribution in [2.24, 2.45) is 5.92 Å². The van der Waals surface area contributed by atoms with Crippen LogP contribution >= 0.6 is 11.6 Å². The number of amides is 1. The Morgan fingerprint density at radius 3 is 2.25 bits per heavy atom. The molecule has 216 valence electrons. The van der Waals surface area contributed by atoms with Crippen LogP contribution in [0.5, 0.6) is 0 Å². The number of alkyl halides is 3. The minimum Gasteiger partial charge on any atom is -0.475 e. The average molecular weight is 588 g/mol. The Labute approximate surface area is 231 Å². The van der Waals surface area contributed by atoms with Crippen molar-refractivity contribution < 1.29 is 36.6 Å². The average Bonchev–Trinajstić information content (AvgIpc) is 2.88. The number of nitrogens with zero attached hydrogens (tertiary/aromatic N) is 3. The summed E-state index contributed by atoms with van der Waals surface area (Å²) in [6.45, 7) is 0.451. The molecule has 1 aliphatic rings. The Hall–Kier alpha value is -3.74. The summed E-state index contributed by atoms with van der Waals surface area (Å²) in [6.07, 6.45) is -2.03. The van der Waals surface area contributed by atoms with Gasteiger partial charge in [-0.25, -0.2) is 18.6 Å². The van der Waals surface area contributed by atoms with Gasteiger partial charge in [-0.2, -0.15) is 18.2 Å². The minimum absolute atomic E-state index is 0.0442. The van der Waals surface area contributed by atoms with E-state index in [1.807, 2.05) is 18.2 Å². The molecule has 2 aromatic carbocycles. The highest BCUT2D eigenvalue weighted by atomic mass is 35.5. The molecule has 0 atom stereocenters. The van der Waals surface area contributed by atoms with Gasteiger partial charge < -0.3 is 20.6 Å². The van der Waals surface area contributed by atoms with Crippen molar-refractivity contribution in [2.75, 3.05) is 24.3 Å². The number of carbonyl (C=O) groups excluding carboxylic acids is 1. The van der Waals surface area contributed by atoms with E-state index in [-0.39, 0.29) is 17.9 Å². The van der Waals surface area contributed by atoms with E-state index in [0.29, 0.717) is 34.2 Å². The summed E-state index contributed by atoms with van der Waals surface area (Å²) in [5.41, 5.74) is 1.30. The van der Waals surface area contributed by atoms with Crippen molar-refractivity contribution in [1.29, 1.82) is 0 Å². The summed E-state index contributed by atoms with van der Waals surface area (Å²) in [4.78, 5) is 32.1. The fraction of sp³-hybridized carbons (Fsp3) is 0.385. The highest BCUT2D eigenvalue weighted by Crippen LogP contribution is 2.29. The Balaban J connectivity index is 0.000000559. The Kier molecular flexibility index (Phi) is 10.1. The van der Waals surface area contributed by atoms with Gasteiger partial charge in [0.15, 0.2) is 11.6 Å². The number of benzene rings is 2. The molecule has 14 heteroatoms. The lowest BCUT2D eigenvalue weighted by atomic mass is 9.85. The fourth-order valence-corrected chi connectivity index (χ4v) is 4.39. The molecule has 1 amide bonds. The van der Waals surface area contributed by atoms with Crippen LogP contribution in [0.2, 0.25) is 5.02 Å². The summed E-state index contributed by atoms with van der Waals surface area (Å²) < 4.78 is 59.2. The van der Waals surface area contributed by atoms with Crippen molar-refractivity contribution in [1.82, 2.24) is 15.3 Å². The molecule has 1 heterocycles. The lowest BCUT2D eigenvalue weighted by Crippen LogP contribution is -2.35. The number of hydrogen-bond donors (Lipinski definition) is 3. The second-order valence-corrected chi connectivity index (χ2v) is 9.83. The zero-order valence-electron chi connectivity index (χ0n) is 21.5. The lowest BCUT2D eigenvalue weighted by Gasteiger charge is -2.28. The van der Waals surface area contributed by atoms with Crippen LogP contribution in [0.1, 0.15) is 31.2 Å². The minimum atomic E-state index is -5.08. The number of carbonyl (C=O) groups is 2. The number of rotatable bonds is 6. The third-order valence-corrected chi connectivity index (χ3v) is 6.41. The van der Waals surface area contributed by atoms with E-state index in [9.17, 15) is 26.7 Å². The fourth-order valence-electron chi connectivity index (χ4n) is 4.18. The monoisotopic (exact) mass is 587 g/mol. The molecule has 3 N–H and O–H groups in total. The van der Waals surface area contributed by atoms with E-state index in [0.717, 1.165) is 43.4 Å². The molecule has 1 aromatic heterocycles. The number of nitrogens with one attached hydrogen (secondary N) is 2. The Morgan fingerprint density at radius 2 is 1.68 bits per heavy atom. The van der Waals surface area contributed by atoms with Crippen LogP contribution in [-0.4, -0.2) is 53.3 Å². The van der Waals surface area contributed by atoms with Crippen LogP contribution < -0.4 is 15.5 Å². The molecule has 40 heavy (non-hydrogen) atoms. The van der Waals surface area contributed by atoms with Crippen LogP contribution in [0.4, 0.5) is 33.7 Å². The number of anilines is 2. The van der Waals surface area contributed by atoms with Crippen LogP contribution in [-0.2, 0) is 16.1 Å². The molecular formula is C26H27ClF5N5O3. The zero-order valence-corrected chi connectivity index (χ0v) is 22.3. The van der Waals surface area contributed by atoms with E-state index in [1.54, 1.807) is 25.1 Å². The predicted molar refractivity (Wildman–Crippen MR) is 140 cm³/mol. The van der Waals surface area contributed by atoms with Gasteiger partial charge in [0.1, 0.15) is 5.82 Å². The topological polar surface area (TPSA) is 107 Å². The van der Waals surface area contributed by atoms with Gasteiger partial charge in [-0.15, -0.1) is 0 Å². The van der Waals surface area contributed by atoms with Gasteiger partial charge in [0.05, 0.1) is 5.52 Å². The van der Waals surface area contributed by atoms with Gasteiger partial charge in [0, 0.05) is 49.1 Å². The highest BCUT2D eigenvalue weighted by Gasteiger charge is 2.38. The smallest absolute Gasteiger partial charge is 0.475 e. The maximum absolute atomic E-state index is 13.8. The quantitative estimate of drug-likeness (QED) is 0.325. The summed E-state index contributed by atoms with van der Waals surface area (Å²) in [7, 11) is 3.58.